The molecule has 0 bridgehead atoms. The summed E-state index contributed by atoms with van der Waals surface area (Å²) in [5.41, 5.74) is 0. The molecule has 0 saturated heterocycles. The van der Waals surface area contributed by atoms with Crippen molar-refractivity contribution < 1.29 is 0 Å². The highest BCUT2D eigenvalue weighted by Gasteiger charge is 2.16. The van der Waals surface area contributed by atoms with Gasteiger partial charge in [-0.3, -0.25) is 0 Å². The number of rotatable bonds is 2. The summed E-state index contributed by atoms with van der Waals surface area (Å²) in [4.78, 5) is 0. The average molecular weight is 160 g/mol. The van der Waals surface area contributed by atoms with Crippen LogP contribution in [0, 0.1) is 0 Å². The Labute approximate surface area is 63.7 Å². The van der Waals surface area contributed by atoms with Crippen LogP contribution in [0.1, 0.15) is 6.92 Å². The molecule has 0 rings (SSSR count). The zero-order valence-electron chi connectivity index (χ0n) is 6.99. The molecule has 0 aliphatic heterocycles. The summed E-state index contributed by atoms with van der Waals surface area (Å²) in [5, 5.41) is 0. The van der Waals surface area contributed by atoms with Gasteiger partial charge in [0.2, 0.25) is 0 Å². The molecule has 0 nitrogen and oxygen atoms in total. The molecule has 0 unspecified atom stereocenters. The van der Waals surface area contributed by atoms with E-state index < -0.39 is 8.07 Å². The van der Waals surface area contributed by atoms with Crippen molar-refractivity contribution in [1.29, 1.82) is 0 Å². The molecule has 0 saturated carbocycles. The molecule has 0 spiro atoms. The minimum Gasteiger partial charge on any atom is -0.139 e. The van der Waals surface area contributed by atoms with Gasteiger partial charge >= 0.3 is 0 Å². The van der Waals surface area contributed by atoms with E-state index in [1.807, 2.05) is 11.8 Å². The maximum Gasteiger partial charge on any atom is 0.0852 e. The van der Waals surface area contributed by atoms with Gasteiger partial charge in [0.15, 0.2) is 0 Å². The number of hydrogen-bond donors (Lipinski definition) is 0. The second-order valence-corrected chi connectivity index (χ2v) is 9.36. The molecule has 0 N–H and O–H groups in total. The van der Waals surface area contributed by atoms with Crippen LogP contribution in [0.5, 0.6) is 0 Å². The summed E-state index contributed by atoms with van der Waals surface area (Å²) < 4.78 is 1.60. The normalized spacial score (nSPS) is 14.1. The molecule has 9 heavy (non-hydrogen) atoms. The summed E-state index contributed by atoms with van der Waals surface area (Å²) >= 11 is 1.90. The lowest BCUT2D eigenvalue weighted by Gasteiger charge is -2.17. The predicted molar refractivity (Wildman–Crippen MR) is 50.6 cm³/mol. The van der Waals surface area contributed by atoms with Gasteiger partial charge in [-0.25, -0.2) is 0 Å². The molecule has 54 valence electrons. The van der Waals surface area contributed by atoms with Crippen molar-refractivity contribution in [2.45, 2.75) is 26.6 Å². The third-order valence-electron chi connectivity index (χ3n) is 1.22. The van der Waals surface area contributed by atoms with E-state index >= 15 is 0 Å². The Kier molecular flexibility index (Phi) is 3.59. The number of hydrogen-bond acceptors (Lipinski definition) is 1. The van der Waals surface area contributed by atoms with E-state index in [-0.39, 0.29) is 0 Å². The average Bonchev–Trinajstić information content (AvgIpc) is 1.65. The minimum atomic E-state index is -0.963. The van der Waals surface area contributed by atoms with Gasteiger partial charge in [-0.15, -0.1) is 11.8 Å². The molecule has 2 heteroatoms. The van der Waals surface area contributed by atoms with E-state index in [0.29, 0.717) is 0 Å². The largest absolute Gasteiger partial charge is 0.139 e. The highest BCUT2D eigenvalue weighted by Crippen LogP contribution is 2.23. The molecule has 0 aromatic carbocycles. The topological polar surface area (TPSA) is 0 Å². The van der Waals surface area contributed by atoms with E-state index in [4.69, 9.17) is 0 Å². The zero-order valence-corrected chi connectivity index (χ0v) is 8.80. The Bertz CT molecular complexity index is 111. The molecule has 0 atom stereocenters. The molecule has 0 aliphatic carbocycles. The Morgan fingerprint density at radius 3 is 1.78 bits per heavy atom. The zero-order chi connectivity index (χ0) is 7.49. The maximum atomic E-state index is 2.37. The monoisotopic (exact) mass is 160 g/mol. The third-order valence-corrected chi connectivity index (χ3v) is 6.11. The van der Waals surface area contributed by atoms with E-state index in [9.17, 15) is 0 Å². The minimum absolute atomic E-state index is 0.963. The molecule has 0 heterocycles. The van der Waals surface area contributed by atoms with Crippen LogP contribution < -0.4 is 0 Å². The lowest BCUT2D eigenvalue weighted by molar-refractivity contribution is 1.67. The first kappa shape index (κ1) is 9.31. The van der Waals surface area contributed by atoms with Gasteiger partial charge in [-0.05, 0) is 17.7 Å². The summed E-state index contributed by atoms with van der Waals surface area (Å²) in [6.45, 7) is 9.25. The van der Waals surface area contributed by atoms with Crippen molar-refractivity contribution in [3.05, 3.63) is 10.6 Å². The van der Waals surface area contributed by atoms with Crippen LogP contribution in [0.15, 0.2) is 10.6 Å². The van der Waals surface area contributed by atoms with Gasteiger partial charge in [0.1, 0.15) is 0 Å². The molecule has 0 amide bonds. The summed E-state index contributed by atoms with van der Waals surface area (Å²) in [6, 6.07) is 0. The van der Waals surface area contributed by atoms with Crippen molar-refractivity contribution in [3.63, 3.8) is 0 Å². The highest BCUT2D eigenvalue weighted by atomic mass is 32.2. The van der Waals surface area contributed by atoms with Gasteiger partial charge in [0.05, 0.1) is 8.07 Å². The second-order valence-electron chi connectivity index (χ2n) is 3.11. The van der Waals surface area contributed by atoms with Crippen LogP contribution >= 0.6 is 11.8 Å². The van der Waals surface area contributed by atoms with E-state index in [1.54, 1.807) is 4.53 Å². The number of thioether (sulfide) groups is 1. The lowest BCUT2D eigenvalue weighted by Crippen LogP contribution is -2.21. The van der Waals surface area contributed by atoms with Crippen molar-refractivity contribution in [2.24, 2.45) is 0 Å². The van der Waals surface area contributed by atoms with Crippen LogP contribution in [0.4, 0.5) is 0 Å². The molecule has 0 fully saturated rings. The summed E-state index contributed by atoms with van der Waals surface area (Å²) in [7, 11) is -0.963. The quantitative estimate of drug-likeness (QED) is 0.559. The predicted octanol–water partition coefficient (Wildman–Crippen LogP) is 3.13. The Balaban J connectivity index is 4.14. The fourth-order valence-corrected chi connectivity index (χ4v) is 4.41. The first-order valence-electron chi connectivity index (χ1n) is 3.23. The Morgan fingerprint density at radius 2 is 1.78 bits per heavy atom. The van der Waals surface area contributed by atoms with Gasteiger partial charge < -0.3 is 0 Å². The molecule has 0 aromatic rings. The van der Waals surface area contributed by atoms with Gasteiger partial charge in [0.25, 0.3) is 0 Å². The highest BCUT2D eigenvalue weighted by molar-refractivity contribution is 8.04. The van der Waals surface area contributed by atoms with Gasteiger partial charge in [-0.2, -0.15) is 0 Å². The van der Waals surface area contributed by atoms with E-state index in [2.05, 4.69) is 38.9 Å². The van der Waals surface area contributed by atoms with Crippen LogP contribution in [0.25, 0.3) is 0 Å². The Hall–Kier alpha value is 0.307. The smallest absolute Gasteiger partial charge is 0.0852 e. The summed E-state index contributed by atoms with van der Waals surface area (Å²) in [5.74, 6) is 0. The lowest BCUT2D eigenvalue weighted by atomic mass is 10.8. The van der Waals surface area contributed by atoms with Crippen molar-refractivity contribution in [2.75, 3.05) is 6.26 Å². The first-order chi connectivity index (χ1) is 4.02. The van der Waals surface area contributed by atoms with Crippen LogP contribution in [0.2, 0.25) is 19.6 Å². The van der Waals surface area contributed by atoms with Gasteiger partial charge in [-0.1, -0.05) is 25.7 Å². The second kappa shape index (κ2) is 3.47. The van der Waals surface area contributed by atoms with Crippen molar-refractivity contribution in [1.82, 2.24) is 0 Å². The third kappa shape index (κ3) is 3.11. The molecule has 0 aliphatic rings. The van der Waals surface area contributed by atoms with Crippen molar-refractivity contribution >= 4 is 19.8 Å². The first-order valence-corrected chi connectivity index (χ1v) is 7.95. The molecular weight excluding hydrogens is 144 g/mol. The maximum absolute atomic E-state index is 2.37. The van der Waals surface area contributed by atoms with E-state index in [0.717, 1.165) is 0 Å². The molecule has 0 radical (unpaired) electrons. The van der Waals surface area contributed by atoms with Crippen LogP contribution in [-0.2, 0) is 0 Å². The molecular formula is C7H16SSi. The Morgan fingerprint density at radius 1 is 1.33 bits per heavy atom. The van der Waals surface area contributed by atoms with Crippen molar-refractivity contribution in [3.8, 4) is 0 Å². The fraction of sp³-hybridized carbons (Fsp3) is 0.714. The molecule has 0 aromatic heterocycles. The SMILES string of the molecule is C/C=C(\SC)[Si](C)(C)C. The number of allylic oxidation sites excluding steroid dienone is 1. The van der Waals surface area contributed by atoms with Gasteiger partial charge in [0, 0.05) is 0 Å². The standard InChI is InChI=1S/C7H16SSi/c1-6-7(8-2)9(3,4)5/h6H,1-5H3/b7-6+. The fourth-order valence-electron chi connectivity index (χ4n) is 0.857. The van der Waals surface area contributed by atoms with Crippen LogP contribution in [-0.4, -0.2) is 14.3 Å². The van der Waals surface area contributed by atoms with E-state index in [1.165, 1.54) is 0 Å². The van der Waals surface area contributed by atoms with Crippen LogP contribution in [0.3, 0.4) is 0 Å². The summed E-state index contributed by atoms with van der Waals surface area (Å²) in [6.07, 6.45) is 4.41.